The Balaban J connectivity index is 1.61. The maximum Gasteiger partial charge on any atom is 0.350 e. The smallest absolute Gasteiger partial charge is 0.350 e. The monoisotopic (exact) mass is 513 g/mol. The molecule has 4 N–H and O–H groups in total. The molecule has 0 saturated carbocycles. The highest BCUT2D eigenvalue weighted by molar-refractivity contribution is 7.51. The second kappa shape index (κ2) is 9.84. The molecular weight excluding hydrogens is 489 g/mol. The van der Waals surface area contributed by atoms with Crippen molar-refractivity contribution in [3.63, 3.8) is 0 Å². The van der Waals surface area contributed by atoms with Crippen LogP contribution in [0.1, 0.15) is 24.8 Å². The van der Waals surface area contributed by atoms with Crippen LogP contribution in [0.4, 0.5) is 5.82 Å². The summed E-state index contributed by atoms with van der Waals surface area (Å²) in [4.78, 5) is 32.8. The lowest BCUT2D eigenvalue weighted by Gasteiger charge is -2.26. The van der Waals surface area contributed by atoms with Crippen LogP contribution in [0, 0.1) is 0 Å². The molecule has 0 amide bonds. The fraction of sp³-hybridized carbons (Fsp3) is 0.450. The average Bonchev–Trinajstić information content (AvgIpc) is 3.33. The minimum absolute atomic E-state index is 0.0362. The average molecular weight is 514 g/mol. The summed E-state index contributed by atoms with van der Waals surface area (Å²) in [6, 6.07) is 9.76. The van der Waals surface area contributed by atoms with Crippen molar-refractivity contribution >= 4 is 36.2 Å². The van der Waals surface area contributed by atoms with Gasteiger partial charge >= 0.3 is 7.60 Å². The van der Waals surface area contributed by atoms with Crippen LogP contribution in [0.2, 0.25) is 5.28 Å². The molecule has 0 aliphatic carbocycles. The number of anilines is 1. The second-order valence-corrected chi connectivity index (χ2v) is 9.97. The molecule has 34 heavy (non-hydrogen) atoms. The molecule has 4 rings (SSSR count). The molecule has 1 unspecified atom stereocenters. The SMILES string of the molecule is C[C@H](c1ccccc1)N(C)c1nc(Cl)nc2c1ncn2[C@@H]1OC(COCP(=O)(O)O)[C@@H](O)[C@H]1O. The Morgan fingerprint density at radius 2 is 1.94 bits per heavy atom. The van der Waals surface area contributed by atoms with E-state index in [0.717, 1.165) is 5.56 Å². The third-order valence-electron chi connectivity index (χ3n) is 5.73. The van der Waals surface area contributed by atoms with Crippen molar-refractivity contribution in [2.75, 3.05) is 24.9 Å². The zero-order valence-electron chi connectivity index (χ0n) is 18.3. The zero-order chi connectivity index (χ0) is 24.6. The summed E-state index contributed by atoms with van der Waals surface area (Å²) in [5.41, 5.74) is 1.76. The highest BCUT2D eigenvalue weighted by atomic mass is 35.5. The van der Waals surface area contributed by atoms with Crippen LogP contribution < -0.4 is 4.90 Å². The van der Waals surface area contributed by atoms with Crippen molar-refractivity contribution in [3.05, 3.63) is 47.5 Å². The molecule has 1 aliphatic rings. The topological polar surface area (TPSA) is 163 Å². The number of aliphatic hydroxyl groups excluding tert-OH is 2. The van der Waals surface area contributed by atoms with Crippen molar-refractivity contribution in [3.8, 4) is 0 Å². The molecule has 5 atom stereocenters. The molecule has 1 fully saturated rings. The van der Waals surface area contributed by atoms with Crippen LogP contribution in [-0.4, -0.2) is 77.8 Å². The van der Waals surface area contributed by atoms with Crippen molar-refractivity contribution in [1.29, 1.82) is 0 Å². The number of aliphatic hydroxyl groups is 2. The first-order chi connectivity index (χ1) is 16.1. The van der Waals surface area contributed by atoms with E-state index in [-0.39, 0.29) is 23.6 Å². The molecule has 184 valence electrons. The predicted octanol–water partition coefficient (Wildman–Crippen LogP) is 1.45. The van der Waals surface area contributed by atoms with Gasteiger partial charge in [0.1, 0.15) is 24.7 Å². The van der Waals surface area contributed by atoms with E-state index < -0.39 is 38.5 Å². The van der Waals surface area contributed by atoms with Crippen molar-refractivity contribution in [1.82, 2.24) is 19.5 Å². The highest BCUT2D eigenvalue weighted by Gasteiger charge is 2.44. The van der Waals surface area contributed by atoms with E-state index in [0.29, 0.717) is 11.3 Å². The van der Waals surface area contributed by atoms with Gasteiger partial charge in [-0.2, -0.15) is 9.97 Å². The van der Waals surface area contributed by atoms with Gasteiger partial charge in [-0.25, -0.2) is 4.98 Å². The molecular formula is C20H25ClN5O7P. The highest BCUT2D eigenvalue weighted by Crippen LogP contribution is 2.37. The number of hydrogen-bond acceptors (Lipinski definition) is 9. The Bertz CT molecular complexity index is 1190. The maximum absolute atomic E-state index is 11.0. The molecule has 2 aromatic heterocycles. The van der Waals surface area contributed by atoms with E-state index in [4.69, 9.17) is 30.9 Å². The van der Waals surface area contributed by atoms with Crippen LogP contribution in [0.5, 0.6) is 0 Å². The Kier molecular flexibility index (Phi) is 7.22. The van der Waals surface area contributed by atoms with Gasteiger partial charge in [-0.15, -0.1) is 0 Å². The maximum atomic E-state index is 11.0. The van der Waals surface area contributed by atoms with Gasteiger partial charge in [0.25, 0.3) is 0 Å². The molecule has 3 heterocycles. The van der Waals surface area contributed by atoms with E-state index in [2.05, 4.69) is 15.0 Å². The van der Waals surface area contributed by atoms with Crippen LogP contribution in [-0.2, 0) is 14.0 Å². The summed E-state index contributed by atoms with van der Waals surface area (Å²) >= 11 is 6.22. The summed E-state index contributed by atoms with van der Waals surface area (Å²) in [6.07, 6.45) is -4.27. The summed E-state index contributed by atoms with van der Waals surface area (Å²) < 4.78 is 23.1. The van der Waals surface area contributed by atoms with E-state index in [1.807, 2.05) is 49.2 Å². The molecule has 1 saturated heterocycles. The van der Waals surface area contributed by atoms with Gasteiger partial charge in [-0.1, -0.05) is 30.3 Å². The molecule has 14 heteroatoms. The molecule has 1 aromatic carbocycles. The summed E-state index contributed by atoms with van der Waals surface area (Å²) in [7, 11) is -2.52. The minimum Gasteiger partial charge on any atom is -0.387 e. The largest absolute Gasteiger partial charge is 0.387 e. The third-order valence-corrected chi connectivity index (χ3v) is 6.41. The van der Waals surface area contributed by atoms with Crippen LogP contribution in [0.3, 0.4) is 0 Å². The Morgan fingerprint density at radius 3 is 2.62 bits per heavy atom. The second-order valence-electron chi connectivity index (χ2n) is 8.05. The van der Waals surface area contributed by atoms with Gasteiger partial charge in [-0.05, 0) is 24.1 Å². The number of aromatic nitrogens is 4. The number of nitrogens with zero attached hydrogens (tertiary/aromatic N) is 5. The number of rotatable bonds is 8. The Labute approximate surface area is 199 Å². The van der Waals surface area contributed by atoms with Gasteiger partial charge in [-0.3, -0.25) is 9.13 Å². The van der Waals surface area contributed by atoms with Crippen LogP contribution in [0.15, 0.2) is 36.7 Å². The number of fused-ring (bicyclic) bond motifs is 1. The molecule has 0 spiro atoms. The van der Waals surface area contributed by atoms with Crippen molar-refractivity contribution < 1.29 is 34.0 Å². The fourth-order valence-corrected chi connectivity index (χ4v) is 4.33. The molecule has 0 bridgehead atoms. The van der Waals surface area contributed by atoms with Crippen LogP contribution >= 0.6 is 19.2 Å². The molecule has 12 nitrogen and oxygen atoms in total. The number of halogens is 1. The van der Waals surface area contributed by atoms with E-state index >= 15 is 0 Å². The fourth-order valence-electron chi connectivity index (χ4n) is 3.83. The summed E-state index contributed by atoms with van der Waals surface area (Å²) in [5.74, 6) is 0.472. The van der Waals surface area contributed by atoms with Crippen LogP contribution in [0.25, 0.3) is 11.2 Å². The first-order valence-corrected chi connectivity index (χ1v) is 12.6. The van der Waals surface area contributed by atoms with Gasteiger partial charge < -0.3 is 34.4 Å². The lowest BCUT2D eigenvalue weighted by atomic mass is 10.1. The lowest BCUT2D eigenvalue weighted by molar-refractivity contribution is -0.0612. The van der Waals surface area contributed by atoms with Gasteiger partial charge in [0.15, 0.2) is 23.2 Å². The lowest BCUT2D eigenvalue weighted by Crippen LogP contribution is -2.34. The zero-order valence-corrected chi connectivity index (χ0v) is 20.0. The predicted molar refractivity (Wildman–Crippen MR) is 122 cm³/mol. The quantitative estimate of drug-likeness (QED) is 0.254. The molecule has 1 aliphatic heterocycles. The van der Waals surface area contributed by atoms with E-state index in [1.54, 1.807) is 0 Å². The first-order valence-electron chi connectivity index (χ1n) is 10.4. The Morgan fingerprint density at radius 1 is 1.24 bits per heavy atom. The van der Waals surface area contributed by atoms with Gasteiger partial charge in [0.05, 0.1) is 19.0 Å². The normalized spacial score (nSPS) is 24.0. The summed E-state index contributed by atoms with van der Waals surface area (Å²) in [6.45, 7) is 1.68. The van der Waals surface area contributed by atoms with Crippen molar-refractivity contribution in [2.45, 2.75) is 37.5 Å². The van der Waals surface area contributed by atoms with Gasteiger partial charge in [0, 0.05) is 7.05 Å². The standard InChI is InChI=1S/C20H25ClN5O7P/c1-11(12-6-4-3-5-7-12)25(2)17-14-18(24-20(21)23-17)26(9-22-14)19-16(28)15(27)13(33-19)8-32-10-34(29,30)31/h3-7,9,11,13,15-16,19,27-28H,8,10H2,1-2H3,(H2,29,30,31)/t11-,13?,15-,16-,19-/m1/s1. The molecule has 3 aromatic rings. The number of ether oxygens (including phenoxy) is 2. The van der Waals surface area contributed by atoms with Crippen molar-refractivity contribution in [2.24, 2.45) is 0 Å². The molecule has 0 radical (unpaired) electrons. The number of benzene rings is 1. The van der Waals surface area contributed by atoms with E-state index in [1.165, 1.54) is 10.9 Å². The Hall–Kier alpha value is -2.15. The summed E-state index contributed by atoms with van der Waals surface area (Å²) in [5, 5.41) is 20.9. The van der Waals surface area contributed by atoms with Gasteiger partial charge in [0.2, 0.25) is 5.28 Å². The third kappa shape index (κ3) is 5.09. The van der Waals surface area contributed by atoms with E-state index in [9.17, 15) is 14.8 Å². The minimum atomic E-state index is -4.38. The number of hydrogen-bond donors (Lipinski definition) is 4. The number of imidazole rings is 1. The first kappa shape index (κ1) is 25.0.